The zero-order chi connectivity index (χ0) is 16.4. The zero-order valence-corrected chi connectivity index (χ0v) is 13.9. The third-order valence-electron chi connectivity index (χ3n) is 4.32. The predicted molar refractivity (Wildman–Crippen MR) is 88.1 cm³/mol. The second-order valence-electron chi connectivity index (χ2n) is 6.03. The highest BCUT2D eigenvalue weighted by molar-refractivity contribution is 7.89. The lowest BCUT2D eigenvalue weighted by Gasteiger charge is -2.20. The van der Waals surface area contributed by atoms with Crippen LogP contribution in [0, 0.1) is 5.82 Å². The number of halogens is 1. The Bertz CT molecular complexity index is 818. The molecule has 2 aromatic rings. The van der Waals surface area contributed by atoms with Crippen LogP contribution in [0.4, 0.5) is 4.39 Å². The van der Waals surface area contributed by atoms with Gasteiger partial charge >= 0.3 is 0 Å². The lowest BCUT2D eigenvalue weighted by molar-refractivity contribution is 0.465. The van der Waals surface area contributed by atoms with Gasteiger partial charge in [0.2, 0.25) is 10.0 Å². The first-order valence-corrected chi connectivity index (χ1v) is 9.23. The zero-order valence-electron chi connectivity index (χ0n) is 13.1. The summed E-state index contributed by atoms with van der Waals surface area (Å²) in [5, 5.41) is 0. The molecule has 0 heterocycles. The summed E-state index contributed by atoms with van der Waals surface area (Å²) in [5.74, 6) is -0.359. The van der Waals surface area contributed by atoms with Crippen LogP contribution in [0.2, 0.25) is 0 Å². The Morgan fingerprint density at radius 2 is 1.78 bits per heavy atom. The van der Waals surface area contributed by atoms with E-state index in [2.05, 4.69) is 0 Å². The van der Waals surface area contributed by atoms with E-state index in [0.717, 1.165) is 24.8 Å². The minimum Gasteiger partial charge on any atom is -0.207 e. The molecule has 0 aromatic heterocycles. The molecule has 0 fully saturated rings. The highest BCUT2D eigenvalue weighted by Crippen LogP contribution is 2.25. The SMILES string of the molecule is CN(Cc1cccc(F)c1)S(=O)(=O)c1ccc2c(c1)CCCC2. The largest absolute Gasteiger partial charge is 0.243 e. The topological polar surface area (TPSA) is 37.4 Å². The van der Waals surface area contributed by atoms with Crippen LogP contribution in [0.15, 0.2) is 47.4 Å². The highest BCUT2D eigenvalue weighted by atomic mass is 32.2. The lowest BCUT2D eigenvalue weighted by Crippen LogP contribution is -2.26. The van der Waals surface area contributed by atoms with Crippen molar-refractivity contribution in [3.63, 3.8) is 0 Å². The van der Waals surface area contributed by atoms with Gasteiger partial charge in [0.05, 0.1) is 4.90 Å². The highest BCUT2D eigenvalue weighted by Gasteiger charge is 2.22. The fraction of sp³-hybridized carbons (Fsp3) is 0.333. The molecule has 122 valence electrons. The van der Waals surface area contributed by atoms with Crippen LogP contribution in [0.3, 0.4) is 0 Å². The Balaban J connectivity index is 1.85. The van der Waals surface area contributed by atoms with Gasteiger partial charge < -0.3 is 0 Å². The minimum atomic E-state index is -3.57. The summed E-state index contributed by atoms with van der Waals surface area (Å²) in [4.78, 5) is 0.317. The van der Waals surface area contributed by atoms with Crippen molar-refractivity contribution in [2.24, 2.45) is 0 Å². The molecule has 0 N–H and O–H groups in total. The van der Waals surface area contributed by atoms with E-state index in [-0.39, 0.29) is 12.4 Å². The van der Waals surface area contributed by atoms with Crippen molar-refractivity contribution in [3.05, 3.63) is 65.0 Å². The Labute approximate surface area is 136 Å². The Hall–Kier alpha value is -1.72. The van der Waals surface area contributed by atoms with Crippen molar-refractivity contribution in [1.29, 1.82) is 0 Å². The van der Waals surface area contributed by atoms with E-state index in [1.807, 2.05) is 6.07 Å². The first kappa shape index (κ1) is 16.1. The maximum absolute atomic E-state index is 13.3. The van der Waals surface area contributed by atoms with E-state index >= 15 is 0 Å². The summed E-state index contributed by atoms with van der Waals surface area (Å²) < 4.78 is 40.0. The van der Waals surface area contributed by atoms with Crippen molar-refractivity contribution >= 4 is 10.0 Å². The molecule has 2 aromatic carbocycles. The van der Waals surface area contributed by atoms with Crippen LogP contribution in [0.25, 0.3) is 0 Å². The van der Waals surface area contributed by atoms with Crippen molar-refractivity contribution < 1.29 is 12.8 Å². The Kier molecular flexibility index (Phi) is 4.50. The molecule has 0 spiro atoms. The van der Waals surface area contributed by atoms with E-state index < -0.39 is 10.0 Å². The van der Waals surface area contributed by atoms with Crippen molar-refractivity contribution in [1.82, 2.24) is 4.31 Å². The van der Waals surface area contributed by atoms with Crippen LogP contribution >= 0.6 is 0 Å². The fourth-order valence-electron chi connectivity index (χ4n) is 3.03. The maximum atomic E-state index is 13.3. The Morgan fingerprint density at radius 3 is 2.52 bits per heavy atom. The summed E-state index contributed by atoms with van der Waals surface area (Å²) >= 11 is 0. The number of rotatable bonds is 4. The van der Waals surface area contributed by atoms with Crippen molar-refractivity contribution in [2.75, 3.05) is 7.05 Å². The second kappa shape index (κ2) is 6.42. The molecule has 1 aliphatic carbocycles. The lowest BCUT2D eigenvalue weighted by atomic mass is 9.92. The first-order chi connectivity index (χ1) is 11.0. The van der Waals surface area contributed by atoms with Gasteiger partial charge in [0.1, 0.15) is 5.82 Å². The summed E-state index contributed by atoms with van der Waals surface area (Å²) in [6.07, 6.45) is 4.23. The molecular weight excluding hydrogens is 313 g/mol. The molecule has 0 saturated carbocycles. The van der Waals surface area contributed by atoms with E-state index in [9.17, 15) is 12.8 Å². The first-order valence-electron chi connectivity index (χ1n) is 7.79. The van der Waals surface area contributed by atoms with Gasteiger partial charge in [-0.25, -0.2) is 12.8 Å². The molecule has 0 radical (unpaired) electrons. The number of hydrogen-bond donors (Lipinski definition) is 0. The smallest absolute Gasteiger partial charge is 0.207 e. The summed E-state index contributed by atoms with van der Waals surface area (Å²) in [5.41, 5.74) is 3.02. The van der Waals surface area contributed by atoms with Crippen LogP contribution in [-0.4, -0.2) is 19.8 Å². The number of benzene rings is 2. The molecule has 0 amide bonds. The van der Waals surface area contributed by atoms with Gasteiger partial charge in [-0.2, -0.15) is 4.31 Å². The van der Waals surface area contributed by atoms with Crippen molar-refractivity contribution in [3.8, 4) is 0 Å². The van der Waals surface area contributed by atoms with Gasteiger partial charge in [0.15, 0.2) is 0 Å². The van der Waals surface area contributed by atoms with Gasteiger partial charge in [-0.05, 0) is 66.6 Å². The molecule has 1 aliphatic rings. The molecule has 0 aliphatic heterocycles. The summed E-state index contributed by atoms with van der Waals surface area (Å²) in [6.45, 7) is 0.150. The minimum absolute atomic E-state index is 0.150. The van der Waals surface area contributed by atoms with Crippen LogP contribution in [0.1, 0.15) is 29.5 Å². The monoisotopic (exact) mass is 333 g/mol. The number of hydrogen-bond acceptors (Lipinski definition) is 2. The second-order valence-corrected chi connectivity index (χ2v) is 8.07. The van der Waals surface area contributed by atoms with Gasteiger partial charge in [-0.3, -0.25) is 0 Å². The molecule has 0 atom stereocenters. The van der Waals surface area contributed by atoms with E-state index in [4.69, 9.17) is 0 Å². The molecule has 23 heavy (non-hydrogen) atoms. The third-order valence-corrected chi connectivity index (χ3v) is 6.12. The molecule has 0 unspecified atom stereocenters. The molecule has 0 bridgehead atoms. The van der Waals surface area contributed by atoms with E-state index in [1.165, 1.54) is 35.5 Å². The van der Waals surface area contributed by atoms with E-state index in [0.29, 0.717) is 10.5 Å². The number of aryl methyl sites for hydroxylation is 2. The standard InChI is InChI=1S/C18H20FNO2S/c1-20(13-14-5-4-8-17(19)11-14)23(21,22)18-10-9-15-6-2-3-7-16(15)12-18/h4-5,8-12H,2-3,6-7,13H2,1H3. The number of fused-ring (bicyclic) bond motifs is 1. The van der Waals surface area contributed by atoms with Crippen LogP contribution in [0.5, 0.6) is 0 Å². The summed E-state index contributed by atoms with van der Waals surface area (Å²) in [7, 11) is -2.05. The average molecular weight is 333 g/mol. The van der Waals surface area contributed by atoms with Gasteiger partial charge in [0, 0.05) is 13.6 Å². The van der Waals surface area contributed by atoms with E-state index in [1.54, 1.807) is 24.3 Å². The maximum Gasteiger partial charge on any atom is 0.243 e. The third kappa shape index (κ3) is 3.46. The average Bonchev–Trinajstić information content (AvgIpc) is 2.54. The van der Waals surface area contributed by atoms with Gasteiger partial charge in [-0.1, -0.05) is 18.2 Å². The molecular formula is C18H20FNO2S. The fourth-order valence-corrected chi connectivity index (χ4v) is 4.24. The van der Waals surface area contributed by atoms with Gasteiger partial charge in [-0.15, -0.1) is 0 Å². The van der Waals surface area contributed by atoms with Crippen LogP contribution < -0.4 is 0 Å². The molecule has 5 heteroatoms. The number of nitrogens with zero attached hydrogens (tertiary/aromatic N) is 1. The normalized spacial score (nSPS) is 14.7. The van der Waals surface area contributed by atoms with Crippen molar-refractivity contribution in [2.45, 2.75) is 37.1 Å². The predicted octanol–water partition coefficient (Wildman–Crippen LogP) is 3.53. The number of sulfonamides is 1. The molecule has 0 saturated heterocycles. The quantitative estimate of drug-likeness (QED) is 0.858. The van der Waals surface area contributed by atoms with Gasteiger partial charge in [0.25, 0.3) is 0 Å². The molecule has 3 nitrogen and oxygen atoms in total. The summed E-state index contributed by atoms with van der Waals surface area (Å²) in [6, 6.07) is 11.4. The molecule has 3 rings (SSSR count). The van der Waals surface area contributed by atoms with Crippen LogP contribution in [-0.2, 0) is 29.4 Å². The Morgan fingerprint density at radius 1 is 1.04 bits per heavy atom.